The third-order valence-corrected chi connectivity index (χ3v) is 3.35. The van der Waals surface area contributed by atoms with Crippen LogP contribution in [0.25, 0.3) is 0 Å². The Bertz CT molecular complexity index is 391. The Morgan fingerprint density at radius 2 is 1.94 bits per heavy atom. The van der Waals surface area contributed by atoms with Crippen molar-refractivity contribution in [3.8, 4) is 0 Å². The lowest BCUT2D eigenvalue weighted by Crippen LogP contribution is -2.19. The number of benzene rings is 1. The molecule has 1 aromatic rings. The summed E-state index contributed by atoms with van der Waals surface area (Å²) in [7, 11) is 1.38. The van der Waals surface area contributed by atoms with Gasteiger partial charge in [0.1, 0.15) is 0 Å². The molecule has 1 rings (SSSR count). The van der Waals surface area contributed by atoms with E-state index in [0.717, 1.165) is 5.56 Å². The van der Waals surface area contributed by atoms with Crippen molar-refractivity contribution in [2.75, 3.05) is 7.11 Å². The number of halogens is 2. The molecule has 0 saturated heterocycles. The molecular weight excluding hydrogens is 247 g/mol. The summed E-state index contributed by atoms with van der Waals surface area (Å²) < 4.78 is 4.71. The second-order valence-corrected chi connectivity index (χ2v) is 4.61. The zero-order valence-corrected chi connectivity index (χ0v) is 11.0. The van der Waals surface area contributed by atoms with E-state index in [2.05, 4.69) is 0 Å². The molecule has 88 valence electrons. The topological polar surface area (TPSA) is 26.3 Å². The molecule has 0 N–H and O–H groups in total. The van der Waals surface area contributed by atoms with E-state index >= 15 is 0 Å². The van der Waals surface area contributed by atoms with E-state index in [1.165, 1.54) is 7.11 Å². The Kier molecular flexibility index (Phi) is 4.63. The van der Waals surface area contributed by atoms with Gasteiger partial charge in [-0.2, -0.15) is 0 Å². The van der Waals surface area contributed by atoms with Crippen LogP contribution >= 0.6 is 23.2 Å². The van der Waals surface area contributed by atoms with Crippen LogP contribution in [-0.2, 0) is 9.53 Å². The van der Waals surface area contributed by atoms with Gasteiger partial charge in [0.2, 0.25) is 0 Å². The Morgan fingerprint density at radius 1 is 1.31 bits per heavy atom. The van der Waals surface area contributed by atoms with Gasteiger partial charge in [0.15, 0.2) is 0 Å². The van der Waals surface area contributed by atoms with Gasteiger partial charge in [-0.15, -0.1) is 0 Å². The highest BCUT2D eigenvalue weighted by Crippen LogP contribution is 2.32. The van der Waals surface area contributed by atoms with Crippen molar-refractivity contribution < 1.29 is 9.53 Å². The van der Waals surface area contributed by atoms with E-state index in [9.17, 15) is 4.79 Å². The van der Waals surface area contributed by atoms with E-state index in [1.54, 1.807) is 18.2 Å². The molecule has 0 bridgehead atoms. The SMILES string of the molecule is COC(=O)C(C)C(C)c1cc(Cl)ccc1Cl. The van der Waals surface area contributed by atoms with Gasteiger partial charge in [-0.25, -0.2) is 0 Å². The minimum atomic E-state index is -0.249. The molecule has 0 spiro atoms. The summed E-state index contributed by atoms with van der Waals surface area (Å²) in [6.45, 7) is 3.74. The fourth-order valence-electron chi connectivity index (χ4n) is 1.52. The van der Waals surface area contributed by atoms with E-state index in [1.807, 2.05) is 13.8 Å². The minimum Gasteiger partial charge on any atom is -0.469 e. The number of esters is 1. The molecule has 0 aliphatic carbocycles. The van der Waals surface area contributed by atoms with Gasteiger partial charge >= 0.3 is 5.97 Å². The van der Waals surface area contributed by atoms with Crippen molar-refractivity contribution in [2.24, 2.45) is 5.92 Å². The molecule has 0 fully saturated rings. The summed E-state index contributed by atoms with van der Waals surface area (Å²) in [5, 5.41) is 1.23. The predicted molar refractivity (Wildman–Crippen MR) is 66.1 cm³/mol. The van der Waals surface area contributed by atoms with Gasteiger partial charge in [0, 0.05) is 10.0 Å². The first-order valence-electron chi connectivity index (χ1n) is 5.00. The average molecular weight is 261 g/mol. The van der Waals surface area contributed by atoms with Crippen LogP contribution in [0.3, 0.4) is 0 Å². The zero-order valence-electron chi connectivity index (χ0n) is 9.46. The van der Waals surface area contributed by atoms with Crippen LogP contribution in [0.1, 0.15) is 25.3 Å². The third-order valence-electron chi connectivity index (χ3n) is 2.77. The quantitative estimate of drug-likeness (QED) is 0.771. The van der Waals surface area contributed by atoms with Crippen LogP contribution in [0.2, 0.25) is 10.0 Å². The van der Waals surface area contributed by atoms with Crippen LogP contribution in [0.5, 0.6) is 0 Å². The van der Waals surface area contributed by atoms with Crippen molar-refractivity contribution in [2.45, 2.75) is 19.8 Å². The van der Waals surface area contributed by atoms with E-state index in [0.29, 0.717) is 10.0 Å². The monoisotopic (exact) mass is 260 g/mol. The van der Waals surface area contributed by atoms with Gasteiger partial charge in [-0.1, -0.05) is 37.0 Å². The Labute approximate surface area is 106 Å². The van der Waals surface area contributed by atoms with Crippen LogP contribution in [0, 0.1) is 5.92 Å². The number of hydrogen-bond acceptors (Lipinski definition) is 2. The molecule has 0 amide bonds. The van der Waals surface area contributed by atoms with Gasteiger partial charge in [-0.3, -0.25) is 4.79 Å². The highest BCUT2D eigenvalue weighted by molar-refractivity contribution is 6.33. The summed E-state index contributed by atoms with van der Waals surface area (Å²) in [6, 6.07) is 5.25. The lowest BCUT2D eigenvalue weighted by Gasteiger charge is -2.19. The highest BCUT2D eigenvalue weighted by atomic mass is 35.5. The Hall–Kier alpha value is -0.730. The maximum Gasteiger partial charge on any atom is 0.308 e. The first-order valence-corrected chi connectivity index (χ1v) is 5.75. The van der Waals surface area contributed by atoms with Crippen molar-refractivity contribution in [3.63, 3.8) is 0 Å². The molecule has 0 aliphatic rings. The van der Waals surface area contributed by atoms with Crippen molar-refractivity contribution in [1.82, 2.24) is 0 Å². The lowest BCUT2D eigenvalue weighted by molar-refractivity contribution is -0.145. The zero-order chi connectivity index (χ0) is 12.3. The van der Waals surface area contributed by atoms with E-state index in [4.69, 9.17) is 27.9 Å². The molecule has 0 aliphatic heterocycles. The largest absolute Gasteiger partial charge is 0.469 e. The maximum atomic E-state index is 11.4. The van der Waals surface area contributed by atoms with Crippen molar-refractivity contribution in [1.29, 1.82) is 0 Å². The molecule has 0 radical (unpaired) electrons. The third kappa shape index (κ3) is 2.89. The maximum absolute atomic E-state index is 11.4. The van der Waals surface area contributed by atoms with Crippen LogP contribution in [-0.4, -0.2) is 13.1 Å². The first kappa shape index (κ1) is 13.3. The van der Waals surface area contributed by atoms with Crippen LogP contribution < -0.4 is 0 Å². The molecule has 0 heterocycles. The second kappa shape index (κ2) is 5.55. The number of carbonyl (C=O) groups excluding carboxylic acids is 1. The number of rotatable bonds is 3. The molecule has 2 nitrogen and oxygen atoms in total. The van der Waals surface area contributed by atoms with Gasteiger partial charge in [0.05, 0.1) is 13.0 Å². The van der Waals surface area contributed by atoms with E-state index < -0.39 is 0 Å². The lowest BCUT2D eigenvalue weighted by atomic mass is 9.89. The molecular formula is C12H14Cl2O2. The summed E-state index contributed by atoms with van der Waals surface area (Å²) in [5.41, 5.74) is 0.868. The summed E-state index contributed by atoms with van der Waals surface area (Å²) in [5.74, 6) is -0.525. The number of carbonyl (C=O) groups is 1. The van der Waals surface area contributed by atoms with Crippen LogP contribution in [0.4, 0.5) is 0 Å². The van der Waals surface area contributed by atoms with Crippen molar-refractivity contribution >= 4 is 29.2 Å². The van der Waals surface area contributed by atoms with Gasteiger partial charge < -0.3 is 4.74 Å². The summed E-state index contributed by atoms with van der Waals surface area (Å²) in [6.07, 6.45) is 0. The smallest absolute Gasteiger partial charge is 0.308 e. The fourth-order valence-corrected chi connectivity index (χ4v) is 1.99. The standard InChI is InChI=1S/C12H14Cl2O2/c1-7(8(2)12(15)16-3)10-6-9(13)4-5-11(10)14/h4-8H,1-3H3. The number of hydrogen-bond donors (Lipinski definition) is 0. The molecule has 2 unspecified atom stereocenters. The second-order valence-electron chi connectivity index (χ2n) is 3.77. The van der Waals surface area contributed by atoms with Crippen LogP contribution in [0.15, 0.2) is 18.2 Å². The first-order chi connectivity index (χ1) is 7.47. The molecule has 1 aromatic carbocycles. The highest BCUT2D eigenvalue weighted by Gasteiger charge is 2.24. The normalized spacial score (nSPS) is 14.3. The van der Waals surface area contributed by atoms with E-state index in [-0.39, 0.29) is 17.8 Å². The van der Waals surface area contributed by atoms with Gasteiger partial charge in [0.25, 0.3) is 0 Å². The average Bonchev–Trinajstić information content (AvgIpc) is 2.29. The molecule has 4 heteroatoms. The molecule has 16 heavy (non-hydrogen) atoms. The Balaban J connectivity index is 2.99. The predicted octanol–water partition coefficient (Wildman–Crippen LogP) is 3.91. The fraction of sp³-hybridized carbons (Fsp3) is 0.417. The number of ether oxygens (including phenoxy) is 1. The minimum absolute atomic E-state index is 0.0290. The molecule has 0 saturated carbocycles. The summed E-state index contributed by atoms with van der Waals surface area (Å²) >= 11 is 12.0. The summed E-state index contributed by atoms with van der Waals surface area (Å²) in [4.78, 5) is 11.4. The molecule has 2 atom stereocenters. The van der Waals surface area contributed by atoms with Gasteiger partial charge in [-0.05, 0) is 29.7 Å². The molecule has 0 aromatic heterocycles. The Morgan fingerprint density at radius 3 is 2.50 bits per heavy atom. The van der Waals surface area contributed by atoms with Crippen molar-refractivity contribution in [3.05, 3.63) is 33.8 Å². The number of methoxy groups -OCH3 is 1.